The molecule has 0 spiro atoms. The minimum absolute atomic E-state index is 0.0738. The summed E-state index contributed by atoms with van der Waals surface area (Å²) >= 11 is 7.49. The highest BCUT2D eigenvalue weighted by Gasteiger charge is 2.18. The Balaban J connectivity index is 1.74. The Morgan fingerprint density at radius 1 is 0.906 bits per heavy atom. The number of fused-ring (bicyclic) bond motifs is 1. The first kappa shape index (κ1) is 22.2. The zero-order chi connectivity index (χ0) is 22.7. The molecule has 4 nitrogen and oxygen atoms in total. The molecule has 7 heteroatoms. The molecule has 32 heavy (non-hydrogen) atoms. The van der Waals surface area contributed by atoms with E-state index in [9.17, 15) is 4.39 Å². The molecule has 4 rings (SSSR count). The highest BCUT2D eigenvalue weighted by molar-refractivity contribution is 7.22. The van der Waals surface area contributed by atoms with Crippen LogP contribution in [0.1, 0.15) is 6.92 Å². The van der Waals surface area contributed by atoms with Crippen LogP contribution in [0.2, 0.25) is 0 Å². The van der Waals surface area contributed by atoms with Crippen LogP contribution in [0.5, 0.6) is 28.7 Å². The van der Waals surface area contributed by atoms with Gasteiger partial charge in [-0.15, -0.1) is 22.9 Å². The van der Waals surface area contributed by atoms with E-state index in [2.05, 4.69) is 0 Å². The van der Waals surface area contributed by atoms with Crippen LogP contribution in [0.25, 0.3) is 20.5 Å². The van der Waals surface area contributed by atoms with E-state index in [-0.39, 0.29) is 11.1 Å². The first-order valence-corrected chi connectivity index (χ1v) is 11.2. The summed E-state index contributed by atoms with van der Waals surface area (Å²) in [7, 11) is 3.08. The maximum Gasteiger partial charge on any atom is 0.165 e. The summed E-state index contributed by atoms with van der Waals surface area (Å²) < 4.78 is 37.5. The molecule has 1 heterocycles. The van der Waals surface area contributed by atoms with E-state index in [1.165, 1.54) is 13.2 Å². The van der Waals surface area contributed by atoms with Gasteiger partial charge < -0.3 is 18.9 Å². The molecule has 1 aromatic heterocycles. The van der Waals surface area contributed by atoms with E-state index in [4.69, 9.17) is 30.5 Å². The maximum atomic E-state index is 14.0. The quantitative estimate of drug-likeness (QED) is 0.248. The van der Waals surface area contributed by atoms with Crippen molar-refractivity contribution in [1.82, 2.24) is 0 Å². The van der Waals surface area contributed by atoms with Gasteiger partial charge in [0.1, 0.15) is 23.9 Å². The predicted octanol–water partition coefficient (Wildman–Crippen LogP) is 7.52. The molecule has 0 bridgehead atoms. The minimum atomic E-state index is -0.414. The number of methoxy groups -OCH3 is 2. The molecule has 0 N–H and O–H groups in total. The molecule has 0 amide bonds. The Hall–Kier alpha value is -2.96. The van der Waals surface area contributed by atoms with Gasteiger partial charge >= 0.3 is 0 Å². The van der Waals surface area contributed by atoms with Crippen molar-refractivity contribution in [2.24, 2.45) is 0 Å². The topological polar surface area (TPSA) is 36.9 Å². The highest BCUT2D eigenvalue weighted by Crippen LogP contribution is 2.48. The second-order valence-electron chi connectivity index (χ2n) is 7.14. The van der Waals surface area contributed by atoms with Crippen molar-refractivity contribution in [3.05, 3.63) is 66.5 Å². The van der Waals surface area contributed by atoms with Gasteiger partial charge in [-0.05, 0) is 67.1 Å². The second kappa shape index (κ2) is 9.67. The van der Waals surface area contributed by atoms with E-state index in [0.29, 0.717) is 23.9 Å². The summed E-state index contributed by atoms with van der Waals surface area (Å²) in [6, 6.07) is 18.0. The molecule has 0 saturated carbocycles. The molecule has 166 valence electrons. The van der Waals surface area contributed by atoms with Crippen molar-refractivity contribution in [3.63, 3.8) is 0 Å². The summed E-state index contributed by atoms with van der Waals surface area (Å²) in [5, 5.41) is 0.862. The van der Waals surface area contributed by atoms with Crippen LogP contribution in [-0.4, -0.2) is 26.2 Å². The van der Waals surface area contributed by atoms with E-state index in [1.807, 2.05) is 49.4 Å². The molecular formula is C25H22ClFO4S. The number of alkyl halides is 1. The van der Waals surface area contributed by atoms with E-state index >= 15 is 0 Å². The van der Waals surface area contributed by atoms with Crippen LogP contribution in [0.15, 0.2) is 60.7 Å². The smallest absolute Gasteiger partial charge is 0.165 e. The van der Waals surface area contributed by atoms with Gasteiger partial charge in [0.15, 0.2) is 17.3 Å². The fourth-order valence-corrected chi connectivity index (χ4v) is 4.42. The lowest BCUT2D eigenvalue weighted by Crippen LogP contribution is -2.06. The van der Waals surface area contributed by atoms with Gasteiger partial charge in [0, 0.05) is 10.1 Å². The van der Waals surface area contributed by atoms with Gasteiger partial charge in [-0.3, -0.25) is 0 Å². The zero-order valence-corrected chi connectivity index (χ0v) is 19.4. The SMILES string of the molecule is COc1ccc2c(Oc3ccc(OCC(C)Cl)cc3)c(-c3ccc(F)c(OC)c3)sc2c1. The van der Waals surface area contributed by atoms with Crippen LogP contribution in [0.4, 0.5) is 4.39 Å². The summed E-state index contributed by atoms with van der Waals surface area (Å²) in [6.45, 7) is 2.30. The van der Waals surface area contributed by atoms with E-state index in [1.54, 1.807) is 30.6 Å². The number of ether oxygens (including phenoxy) is 4. The summed E-state index contributed by atoms with van der Waals surface area (Å²) in [5.74, 6) is 2.57. The predicted molar refractivity (Wildman–Crippen MR) is 128 cm³/mol. The average Bonchev–Trinajstić information content (AvgIpc) is 3.16. The molecule has 0 radical (unpaired) electrons. The molecule has 0 aliphatic heterocycles. The maximum absolute atomic E-state index is 14.0. The monoisotopic (exact) mass is 472 g/mol. The average molecular weight is 473 g/mol. The van der Waals surface area contributed by atoms with Crippen LogP contribution < -0.4 is 18.9 Å². The number of benzene rings is 3. The van der Waals surface area contributed by atoms with Crippen LogP contribution in [0.3, 0.4) is 0 Å². The zero-order valence-electron chi connectivity index (χ0n) is 17.9. The lowest BCUT2D eigenvalue weighted by molar-refractivity contribution is 0.320. The van der Waals surface area contributed by atoms with E-state index < -0.39 is 5.82 Å². The third-order valence-electron chi connectivity index (χ3n) is 4.79. The van der Waals surface area contributed by atoms with Gasteiger partial charge in [0.2, 0.25) is 0 Å². The largest absolute Gasteiger partial charge is 0.497 e. The third-order valence-corrected chi connectivity index (χ3v) is 6.10. The Kier molecular flexibility index (Phi) is 6.72. The number of halogens is 2. The van der Waals surface area contributed by atoms with Crippen molar-refractivity contribution in [1.29, 1.82) is 0 Å². The fraction of sp³-hybridized carbons (Fsp3) is 0.200. The van der Waals surface area contributed by atoms with Crippen molar-refractivity contribution in [3.8, 4) is 39.2 Å². The summed E-state index contributed by atoms with van der Waals surface area (Å²) in [4.78, 5) is 0.864. The van der Waals surface area contributed by atoms with Gasteiger partial charge in [-0.25, -0.2) is 4.39 Å². The first-order valence-electron chi connectivity index (χ1n) is 9.97. The van der Waals surface area contributed by atoms with Gasteiger partial charge in [0.05, 0.1) is 24.5 Å². The standard InChI is InChI=1S/C25H22ClFO4S/c1-15(26)14-30-17-5-7-18(8-6-17)31-24-20-10-9-19(28-2)13-23(20)32-25(24)16-4-11-21(27)22(12-16)29-3/h4-13,15H,14H2,1-3H3. The Bertz CT molecular complexity index is 1220. The normalized spacial score (nSPS) is 11.9. The van der Waals surface area contributed by atoms with E-state index in [0.717, 1.165) is 26.3 Å². The Morgan fingerprint density at radius 2 is 1.62 bits per heavy atom. The van der Waals surface area contributed by atoms with Crippen LogP contribution in [0, 0.1) is 5.82 Å². The first-order chi connectivity index (χ1) is 15.5. The lowest BCUT2D eigenvalue weighted by atomic mass is 10.1. The minimum Gasteiger partial charge on any atom is -0.497 e. The second-order valence-corrected chi connectivity index (χ2v) is 8.93. The molecule has 1 unspecified atom stereocenters. The van der Waals surface area contributed by atoms with Crippen LogP contribution >= 0.6 is 22.9 Å². The van der Waals surface area contributed by atoms with Crippen molar-refractivity contribution in [2.45, 2.75) is 12.3 Å². The van der Waals surface area contributed by atoms with Crippen LogP contribution in [-0.2, 0) is 0 Å². The summed E-state index contributed by atoms with van der Waals surface area (Å²) in [6.07, 6.45) is 0. The molecule has 0 fully saturated rings. The van der Waals surface area contributed by atoms with Crippen molar-refractivity contribution < 1.29 is 23.3 Å². The summed E-state index contributed by atoms with van der Waals surface area (Å²) in [5.41, 5.74) is 0.800. The lowest BCUT2D eigenvalue weighted by Gasteiger charge is -2.11. The molecule has 0 saturated heterocycles. The Labute approximate surface area is 195 Å². The molecule has 0 aliphatic rings. The van der Waals surface area contributed by atoms with Crippen molar-refractivity contribution in [2.75, 3.05) is 20.8 Å². The fourth-order valence-electron chi connectivity index (χ4n) is 3.21. The number of hydrogen-bond acceptors (Lipinski definition) is 5. The van der Waals surface area contributed by atoms with Gasteiger partial charge in [-0.2, -0.15) is 0 Å². The number of hydrogen-bond donors (Lipinski definition) is 0. The third kappa shape index (κ3) is 4.76. The van der Waals surface area contributed by atoms with Crippen molar-refractivity contribution >= 4 is 33.0 Å². The Morgan fingerprint density at radius 3 is 2.31 bits per heavy atom. The molecule has 1 atom stereocenters. The number of rotatable bonds is 8. The molecule has 4 aromatic rings. The molecule has 3 aromatic carbocycles. The molecular weight excluding hydrogens is 451 g/mol. The molecule has 0 aliphatic carbocycles. The van der Waals surface area contributed by atoms with Gasteiger partial charge in [-0.1, -0.05) is 6.07 Å². The highest BCUT2D eigenvalue weighted by atomic mass is 35.5. The number of thiophene rings is 1. The van der Waals surface area contributed by atoms with Gasteiger partial charge in [0.25, 0.3) is 0 Å².